The minimum absolute atomic E-state index is 0.136. The molecule has 110 valence electrons. The minimum Gasteiger partial charge on any atom is -0.382 e. The van der Waals surface area contributed by atoms with Gasteiger partial charge in [0.05, 0.1) is 37.9 Å². The van der Waals surface area contributed by atoms with Crippen LogP contribution in [0.5, 0.6) is 0 Å². The van der Waals surface area contributed by atoms with Crippen molar-refractivity contribution in [1.29, 1.82) is 0 Å². The Kier molecular flexibility index (Phi) is 5.79. The van der Waals surface area contributed by atoms with Crippen molar-refractivity contribution < 1.29 is 19.0 Å². The molecule has 2 saturated carbocycles. The van der Waals surface area contributed by atoms with Gasteiger partial charge < -0.3 is 14.2 Å². The molecular weight excluding hydrogens is 244 g/mol. The predicted octanol–water partition coefficient (Wildman–Crippen LogP) is 2.35. The Labute approximate surface area is 115 Å². The maximum atomic E-state index is 12.0. The molecule has 0 aromatic carbocycles. The van der Waals surface area contributed by atoms with E-state index >= 15 is 0 Å². The smallest absolute Gasteiger partial charge is 0.144 e. The summed E-state index contributed by atoms with van der Waals surface area (Å²) in [4.78, 5) is 12.0. The fraction of sp³-hybridized carbons (Fsp3) is 0.933. The first-order chi connectivity index (χ1) is 9.29. The van der Waals surface area contributed by atoms with Gasteiger partial charge in [-0.2, -0.15) is 0 Å². The highest BCUT2D eigenvalue weighted by Crippen LogP contribution is 2.49. The van der Waals surface area contributed by atoms with Crippen LogP contribution >= 0.6 is 0 Å². The first-order valence-electron chi connectivity index (χ1n) is 7.51. The van der Waals surface area contributed by atoms with Crippen LogP contribution in [0, 0.1) is 5.41 Å². The second kappa shape index (κ2) is 7.36. The molecule has 1 unspecified atom stereocenters. The number of Topliss-reactive ketones (excluding diaryl/α,β-unsaturated/α-hetero) is 1. The molecule has 0 heterocycles. The lowest BCUT2D eigenvalue weighted by Gasteiger charge is -2.47. The highest BCUT2D eigenvalue weighted by molar-refractivity contribution is 5.92. The van der Waals surface area contributed by atoms with Gasteiger partial charge >= 0.3 is 0 Å². The minimum atomic E-state index is -0.136. The Morgan fingerprint density at radius 1 is 1.05 bits per heavy atom. The van der Waals surface area contributed by atoms with E-state index in [1.165, 1.54) is 25.7 Å². The van der Waals surface area contributed by atoms with E-state index in [2.05, 4.69) is 0 Å². The fourth-order valence-corrected chi connectivity index (χ4v) is 3.29. The van der Waals surface area contributed by atoms with Crippen molar-refractivity contribution in [3.05, 3.63) is 0 Å². The molecule has 2 rings (SSSR count). The average Bonchev–Trinajstić information content (AvgIpc) is 2.69. The van der Waals surface area contributed by atoms with Gasteiger partial charge in [0, 0.05) is 13.5 Å². The zero-order chi connectivity index (χ0) is 13.6. The van der Waals surface area contributed by atoms with E-state index in [0.29, 0.717) is 38.6 Å². The van der Waals surface area contributed by atoms with Crippen molar-refractivity contribution in [1.82, 2.24) is 0 Å². The predicted molar refractivity (Wildman–Crippen MR) is 72.2 cm³/mol. The molecule has 0 saturated heterocycles. The molecule has 0 aliphatic heterocycles. The van der Waals surface area contributed by atoms with E-state index < -0.39 is 0 Å². The molecule has 0 aromatic heterocycles. The Hall–Kier alpha value is -0.450. The third kappa shape index (κ3) is 3.56. The highest BCUT2D eigenvalue weighted by Gasteiger charge is 2.54. The van der Waals surface area contributed by atoms with Gasteiger partial charge in [-0.25, -0.2) is 0 Å². The Morgan fingerprint density at radius 2 is 1.74 bits per heavy atom. The number of hydrogen-bond donors (Lipinski definition) is 0. The molecule has 2 aliphatic rings. The van der Waals surface area contributed by atoms with Crippen LogP contribution in [0.1, 0.15) is 44.9 Å². The second-order valence-corrected chi connectivity index (χ2v) is 5.66. The number of hydrogen-bond acceptors (Lipinski definition) is 4. The largest absolute Gasteiger partial charge is 0.382 e. The van der Waals surface area contributed by atoms with Gasteiger partial charge in [0.15, 0.2) is 0 Å². The molecule has 2 aliphatic carbocycles. The number of carbonyl (C=O) groups is 1. The van der Waals surface area contributed by atoms with Gasteiger partial charge in [-0.05, 0) is 12.8 Å². The van der Waals surface area contributed by atoms with Crippen molar-refractivity contribution in [2.45, 2.75) is 51.0 Å². The van der Waals surface area contributed by atoms with Gasteiger partial charge in [0.25, 0.3) is 0 Å². The molecule has 0 amide bonds. The summed E-state index contributed by atoms with van der Waals surface area (Å²) >= 11 is 0. The van der Waals surface area contributed by atoms with E-state index in [9.17, 15) is 4.79 Å². The molecular formula is C15H26O4. The van der Waals surface area contributed by atoms with Crippen molar-refractivity contribution in [2.24, 2.45) is 5.41 Å². The Morgan fingerprint density at radius 3 is 2.37 bits per heavy atom. The van der Waals surface area contributed by atoms with Crippen molar-refractivity contribution in [3.63, 3.8) is 0 Å². The van der Waals surface area contributed by atoms with E-state index in [1.807, 2.05) is 0 Å². The summed E-state index contributed by atoms with van der Waals surface area (Å²) in [6, 6.07) is 0. The summed E-state index contributed by atoms with van der Waals surface area (Å²) < 4.78 is 16.2. The van der Waals surface area contributed by atoms with Crippen LogP contribution in [0.3, 0.4) is 0 Å². The average molecular weight is 270 g/mol. The van der Waals surface area contributed by atoms with Gasteiger partial charge in [-0.1, -0.05) is 25.7 Å². The summed E-state index contributed by atoms with van der Waals surface area (Å²) in [5.41, 5.74) is -0.136. The number of carbonyl (C=O) groups excluding carboxylic acids is 1. The second-order valence-electron chi connectivity index (χ2n) is 5.66. The third-order valence-electron chi connectivity index (χ3n) is 4.52. The van der Waals surface area contributed by atoms with Crippen molar-refractivity contribution in [2.75, 3.05) is 33.5 Å². The number of rotatable bonds is 7. The lowest BCUT2D eigenvalue weighted by atomic mass is 9.60. The molecule has 0 N–H and O–H groups in total. The molecule has 2 fully saturated rings. The molecule has 0 bridgehead atoms. The summed E-state index contributed by atoms with van der Waals surface area (Å²) in [6.07, 6.45) is 7.69. The Bertz CT molecular complexity index is 282. The molecule has 0 aromatic rings. The maximum Gasteiger partial charge on any atom is 0.144 e. The topological polar surface area (TPSA) is 44.8 Å². The summed E-state index contributed by atoms with van der Waals surface area (Å²) in [5, 5.41) is 0. The van der Waals surface area contributed by atoms with Gasteiger partial charge in [0.1, 0.15) is 5.78 Å². The van der Waals surface area contributed by atoms with Crippen LogP contribution in [-0.4, -0.2) is 45.4 Å². The first-order valence-corrected chi connectivity index (χ1v) is 7.51. The molecule has 0 radical (unpaired) electrons. The van der Waals surface area contributed by atoms with Crippen LogP contribution in [0.4, 0.5) is 0 Å². The van der Waals surface area contributed by atoms with Gasteiger partial charge in [-0.15, -0.1) is 0 Å². The maximum absolute atomic E-state index is 12.0. The van der Waals surface area contributed by atoms with Crippen LogP contribution < -0.4 is 0 Å². The number of ketones is 1. The third-order valence-corrected chi connectivity index (χ3v) is 4.52. The molecule has 1 atom stereocenters. The first kappa shape index (κ1) is 14.9. The van der Waals surface area contributed by atoms with Crippen LogP contribution in [-0.2, 0) is 19.0 Å². The van der Waals surface area contributed by atoms with E-state index in [0.717, 1.165) is 12.8 Å². The normalized spacial score (nSPS) is 26.2. The number of ether oxygens (including phenoxy) is 3. The van der Waals surface area contributed by atoms with Crippen LogP contribution in [0.2, 0.25) is 0 Å². The lowest BCUT2D eigenvalue weighted by molar-refractivity contribution is -0.168. The molecule has 4 nitrogen and oxygen atoms in total. The Balaban J connectivity index is 1.70. The zero-order valence-electron chi connectivity index (χ0n) is 12.0. The summed E-state index contributed by atoms with van der Waals surface area (Å²) in [7, 11) is 1.66. The van der Waals surface area contributed by atoms with E-state index in [4.69, 9.17) is 14.2 Å². The summed E-state index contributed by atoms with van der Waals surface area (Å²) in [5.74, 6) is 0.430. The standard InChI is InChI=1S/C15H26O4/c1-17-8-9-18-10-11-19-14-12-13(16)15(14)6-4-2-3-5-7-15/h14H,2-12H2,1H3. The number of methoxy groups -OCH3 is 1. The van der Waals surface area contributed by atoms with E-state index in [1.54, 1.807) is 7.11 Å². The SMILES string of the molecule is COCCOCCOC1CC(=O)C12CCCCCC2. The lowest BCUT2D eigenvalue weighted by Crippen LogP contribution is -2.55. The monoisotopic (exact) mass is 270 g/mol. The van der Waals surface area contributed by atoms with Crippen LogP contribution in [0.25, 0.3) is 0 Å². The van der Waals surface area contributed by atoms with Crippen molar-refractivity contribution in [3.8, 4) is 0 Å². The van der Waals surface area contributed by atoms with Gasteiger partial charge in [0.2, 0.25) is 0 Å². The molecule has 4 heteroatoms. The molecule has 1 spiro atoms. The van der Waals surface area contributed by atoms with Crippen LogP contribution in [0.15, 0.2) is 0 Å². The van der Waals surface area contributed by atoms with Gasteiger partial charge in [-0.3, -0.25) is 4.79 Å². The summed E-state index contributed by atoms with van der Waals surface area (Å²) in [6.45, 7) is 2.40. The zero-order valence-corrected chi connectivity index (χ0v) is 12.0. The molecule has 19 heavy (non-hydrogen) atoms. The van der Waals surface area contributed by atoms with Crippen molar-refractivity contribution >= 4 is 5.78 Å². The quantitative estimate of drug-likeness (QED) is 0.666. The van der Waals surface area contributed by atoms with E-state index in [-0.39, 0.29) is 11.5 Å². The fourth-order valence-electron chi connectivity index (χ4n) is 3.29. The highest BCUT2D eigenvalue weighted by atomic mass is 16.5.